The molecular weight excluding hydrogens is 266 g/mol. The van der Waals surface area contributed by atoms with Gasteiger partial charge in [0.2, 0.25) is 5.91 Å². The molecule has 0 spiro atoms. The van der Waals surface area contributed by atoms with Gasteiger partial charge in [-0.25, -0.2) is 9.97 Å². The van der Waals surface area contributed by atoms with Crippen LogP contribution in [0, 0.1) is 6.92 Å². The first-order valence-electron chi connectivity index (χ1n) is 7.97. The van der Waals surface area contributed by atoms with Crippen molar-refractivity contribution in [2.75, 3.05) is 18.1 Å². The van der Waals surface area contributed by atoms with Gasteiger partial charge in [-0.2, -0.15) is 0 Å². The van der Waals surface area contributed by atoms with Crippen molar-refractivity contribution in [3.05, 3.63) is 17.1 Å². The molecule has 5 nitrogen and oxygen atoms in total. The fourth-order valence-electron chi connectivity index (χ4n) is 3.15. The first kappa shape index (κ1) is 14.4. The number of ether oxygens (including phenoxy) is 1. The van der Waals surface area contributed by atoms with E-state index >= 15 is 0 Å². The second-order valence-corrected chi connectivity index (χ2v) is 5.92. The summed E-state index contributed by atoms with van der Waals surface area (Å²) in [5, 5.41) is 0. The van der Waals surface area contributed by atoms with Crippen molar-refractivity contribution in [3.8, 4) is 0 Å². The number of amides is 1. The Balaban J connectivity index is 1.92. The van der Waals surface area contributed by atoms with Gasteiger partial charge in [0.05, 0.1) is 12.6 Å². The molecule has 0 saturated carbocycles. The molecule has 1 atom stereocenters. The maximum atomic E-state index is 12.3. The van der Waals surface area contributed by atoms with Crippen molar-refractivity contribution >= 4 is 11.7 Å². The molecular formula is C16H23N3O2. The van der Waals surface area contributed by atoms with E-state index in [4.69, 9.17) is 4.74 Å². The highest BCUT2D eigenvalue weighted by atomic mass is 16.5. The van der Waals surface area contributed by atoms with E-state index in [9.17, 15) is 4.79 Å². The predicted molar refractivity (Wildman–Crippen MR) is 80.4 cm³/mol. The summed E-state index contributed by atoms with van der Waals surface area (Å²) in [7, 11) is 0. The SMILES string of the molecule is CCCc1nc(C)c2c(n1)N(CC1CCCO1)C(=O)CC2. The zero-order valence-corrected chi connectivity index (χ0v) is 12.9. The van der Waals surface area contributed by atoms with Gasteiger partial charge in [-0.1, -0.05) is 6.92 Å². The molecule has 1 fully saturated rings. The molecule has 2 aliphatic heterocycles. The van der Waals surface area contributed by atoms with Gasteiger partial charge in [-0.3, -0.25) is 9.69 Å². The number of aryl methyl sites for hydroxylation is 2. The maximum Gasteiger partial charge on any atom is 0.228 e. The van der Waals surface area contributed by atoms with Gasteiger partial charge in [-0.15, -0.1) is 0 Å². The molecule has 114 valence electrons. The Morgan fingerprint density at radius 1 is 1.33 bits per heavy atom. The van der Waals surface area contributed by atoms with Crippen LogP contribution >= 0.6 is 0 Å². The molecule has 1 aromatic rings. The Bertz CT molecular complexity index is 539. The van der Waals surface area contributed by atoms with Gasteiger partial charge < -0.3 is 4.74 Å². The number of nitrogens with zero attached hydrogens (tertiary/aromatic N) is 3. The summed E-state index contributed by atoms with van der Waals surface area (Å²) in [6.45, 7) is 5.59. The van der Waals surface area contributed by atoms with Crippen molar-refractivity contribution in [1.29, 1.82) is 0 Å². The average Bonchev–Trinajstić information content (AvgIpc) is 2.95. The van der Waals surface area contributed by atoms with Gasteiger partial charge in [0.15, 0.2) is 0 Å². The number of hydrogen-bond donors (Lipinski definition) is 0. The molecule has 3 rings (SSSR count). The van der Waals surface area contributed by atoms with Crippen molar-refractivity contribution in [3.63, 3.8) is 0 Å². The van der Waals surface area contributed by atoms with E-state index in [2.05, 4.69) is 16.9 Å². The van der Waals surface area contributed by atoms with Crippen LogP contribution < -0.4 is 4.90 Å². The standard InChI is InChI=1S/C16H23N3O2/c1-3-5-14-17-11(2)13-7-8-15(20)19(16(13)18-14)10-12-6-4-9-21-12/h12H,3-10H2,1-2H3. The number of rotatable bonds is 4. The number of aromatic nitrogens is 2. The zero-order chi connectivity index (χ0) is 14.8. The van der Waals surface area contributed by atoms with Crippen LogP contribution in [0.5, 0.6) is 0 Å². The van der Waals surface area contributed by atoms with E-state index in [0.29, 0.717) is 13.0 Å². The molecule has 0 radical (unpaired) electrons. The summed E-state index contributed by atoms with van der Waals surface area (Å²) in [6.07, 6.45) is 5.46. The normalized spacial score (nSPS) is 21.7. The van der Waals surface area contributed by atoms with Crippen molar-refractivity contribution in [1.82, 2.24) is 9.97 Å². The summed E-state index contributed by atoms with van der Waals surface area (Å²) in [5.41, 5.74) is 2.15. The van der Waals surface area contributed by atoms with E-state index in [1.54, 1.807) is 0 Å². The Morgan fingerprint density at radius 2 is 2.19 bits per heavy atom. The van der Waals surface area contributed by atoms with Crippen molar-refractivity contribution in [2.45, 2.75) is 58.5 Å². The van der Waals surface area contributed by atoms with E-state index in [0.717, 1.165) is 61.6 Å². The first-order chi connectivity index (χ1) is 10.2. The molecule has 0 aliphatic carbocycles. The van der Waals surface area contributed by atoms with Crippen LogP contribution in [-0.2, 0) is 22.4 Å². The minimum atomic E-state index is 0.157. The second-order valence-electron chi connectivity index (χ2n) is 5.92. The number of carbonyl (C=O) groups is 1. The number of hydrogen-bond acceptors (Lipinski definition) is 4. The van der Waals surface area contributed by atoms with Gasteiger partial charge >= 0.3 is 0 Å². The Morgan fingerprint density at radius 3 is 2.90 bits per heavy atom. The fourth-order valence-corrected chi connectivity index (χ4v) is 3.15. The molecule has 1 amide bonds. The Hall–Kier alpha value is -1.49. The Labute approximate surface area is 125 Å². The molecule has 2 aliphatic rings. The summed E-state index contributed by atoms with van der Waals surface area (Å²) >= 11 is 0. The zero-order valence-electron chi connectivity index (χ0n) is 12.9. The predicted octanol–water partition coefficient (Wildman–Crippen LogP) is 2.20. The molecule has 5 heteroatoms. The van der Waals surface area contributed by atoms with Crippen LogP contribution in [0.25, 0.3) is 0 Å². The summed E-state index contributed by atoms with van der Waals surface area (Å²) in [4.78, 5) is 23.4. The lowest BCUT2D eigenvalue weighted by Gasteiger charge is -2.31. The van der Waals surface area contributed by atoms with Crippen LogP contribution in [-0.4, -0.2) is 35.1 Å². The molecule has 1 aromatic heterocycles. The Kier molecular flexibility index (Phi) is 4.19. The third kappa shape index (κ3) is 2.93. The van der Waals surface area contributed by atoms with Crippen LogP contribution in [0.2, 0.25) is 0 Å². The average molecular weight is 289 g/mol. The summed E-state index contributed by atoms with van der Waals surface area (Å²) in [5.74, 6) is 1.84. The molecule has 3 heterocycles. The minimum absolute atomic E-state index is 0.157. The molecule has 21 heavy (non-hydrogen) atoms. The van der Waals surface area contributed by atoms with Crippen molar-refractivity contribution in [2.24, 2.45) is 0 Å². The van der Waals surface area contributed by atoms with E-state index in [-0.39, 0.29) is 12.0 Å². The van der Waals surface area contributed by atoms with E-state index < -0.39 is 0 Å². The van der Waals surface area contributed by atoms with E-state index in [1.807, 2.05) is 11.8 Å². The first-order valence-corrected chi connectivity index (χ1v) is 7.97. The van der Waals surface area contributed by atoms with Gasteiger partial charge in [0.25, 0.3) is 0 Å². The quantitative estimate of drug-likeness (QED) is 0.852. The third-order valence-electron chi connectivity index (χ3n) is 4.27. The van der Waals surface area contributed by atoms with Gasteiger partial charge in [0.1, 0.15) is 11.6 Å². The van der Waals surface area contributed by atoms with Crippen molar-refractivity contribution < 1.29 is 9.53 Å². The van der Waals surface area contributed by atoms with Crippen LogP contribution in [0.4, 0.5) is 5.82 Å². The molecule has 0 aromatic carbocycles. The molecule has 0 bridgehead atoms. The topological polar surface area (TPSA) is 55.3 Å². The largest absolute Gasteiger partial charge is 0.376 e. The highest BCUT2D eigenvalue weighted by Gasteiger charge is 2.31. The van der Waals surface area contributed by atoms with E-state index in [1.165, 1.54) is 0 Å². The number of fused-ring (bicyclic) bond motifs is 1. The highest BCUT2D eigenvalue weighted by molar-refractivity contribution is 5.95. The lowest BCUT2D eigenvalue weighted by molar-refractivity contribution is -0.119. The lowest BCUT2D eigenvalue weighted by atomic mass is 10.0. The highest BCUT2D eigenvalue weighted by Crippen LogP contribution is 2.29. The third-order valence-corrected chi connectivity index (χ3v) is 4.27. The molecule has 0 N–H and O–H groups in total. The van der Waals surface area contributed by atoms with Gasteiger partial charge in [-0.05, 0) is 32.6 Å². The summed E-state index contributed by atoms with van der Waals surface area (Å²) in [6, 6.07) is 0. The van der Waals surface area contributed by atoms with Crippen LogP contribution in [0.3, 0.4) is 0 Å². The second kappa shape index (κ2) is 6.10. The van der Waals surface area contributed by atoms with Gasteiger partial charge in [0, 0.05) is 30.7 Å². The monoisotopic (exact) mass is 289 g/mol. The summed E-state index contributed by atoms with van der Waals surface area (Å²) < 4.78 is 5.69. The molecule has 1 saturated heterocycles. The molecule has 1 unspecified atom stereocenters. The number of carbonyl (C=O) groups excluding carboxylic acids is 1. The van der Waals surface area contributed by atoms with Crippen LogP contribution in [0.15, 0.2) is 0 Å². The fraction of sp³-hybridized carbons (Fsp3) is 0.688. The number of anilines is 1. The minimum Gasteiger partial charge on any atom is -0.376 e. The lowest BCUT2D eigenvalue weighted by Crippen LogP contribution is -2.41. The smallest absolute Gasteiger partial charge is 0.228 e. The maximum absolute atomic E-state index is 12.3. The van der Waals surface area contributed by atoms with Crippen LogP contribution in [0.1, 0.15) is 49.7 Å².